The molecule has 1 aromatic carbocycles. The molecule has 1 rings (SSSR count). The maximum atomic E-state index is 12.1. The third kappa shape index (κ3) is 7.14. The molecular weight excluding hydrogens is 264 g/mol. The van der Waals surface area contributed by atoms with Gasteiger partial charge in [-0.25, -0.2) is 0 Å². The first-order valence-electron chi connectivity index (χ1n) is 7.59. The van der Waals surface area contributed by atoms with Crippen molar-refractivity contribution in [2.24, 2.45) is 11.1 Å². The van der Waals surface area contributed by atoms with Gasteiger partial charge in [0.25, 0.3) is 0 Å². The van der Waals surface area contributed by atoms with Crippen molar-refractivity contribution in [2.45, 2.75) is 53.0 Å². The van der Waals surface area contributed by atoms with Crippen LogP contribution in [0.3, 0.4) is 0 Å². The summed E-state index contributed by atoms with van der Waals surface area (Å²) >= 11 is 0. The zero-order chi connectivity index (χ0) is 15.9. The van der Waals surface area contributed by atoms with E-state index in [9.17, 15) is 4.79 Å². The second kappa shape index (κ2) is 8.03. The molecule has 0 aliphatic carbocycles. The summed E-state index contributed by atoms with van der Waals surface area (Å²) in [6, 6.07) is 7.35. The van der Waals surface area contributed by atoms with Crippen molar-refractivity contribution in [1.29, 1.82) is 0 Å². The van der Waals surface area contributed by atoms with E-state index in [0.29, 0.717) is 24.5 Å². The zero-order valence-corrected chi connectivity index (χ0v) is 13.6. The predicted molar refractivity (Wildman–Crippen MR) is 87.5 cm³/mol. The van der Waals surface area contributed by atoms with E-state index in [2.05, 4.69) is 26.1 Å². The summed E-state index contributed by atoms with van der Waals surface area (Å²) in [5, 5.41) is 2.89. The number of para-hydroxylation sites is 2. The average molecular weight is 292 g/mol. The van der Waals surface area contributed by atoms with E-state index < -0.39 is 0 Å². The largest absolute Gasteiger partial charge is 0.491 e. The van der Waals surface area contributed by atoms with E-state index in [1.54, 1.807) is 0 Å². The summed E-state index contributed by atoms with van der Waals surface area (Å²) in [7, 11) is 0. The van der Waals surface area contributed by atoms with Crippen LogP contribution in [0.4, 0.5) is 5.69 Å². The SMILES string of the molecule is CCCOc1ccccc1NC(=O)CC(N)CC(C)(C)C. The molecule has 3 N–H and O–H groups in total. The van der Waals surface area contributed by atoms with Crippen LogP contribution in [0.25, 0.3) is 0 Å². The van der Waals surface area contributed by atoms with Gasteiger partial charge in [0.2, 0.25) is 5.91 Å². The van der Waals surface area contributed by atoms with E-state index in [4.69, 9.17) is 10.5 Å². The zero-order valence-electron chi connectivity index (χ0n) is 13.6. The van der Waals surface area contributed by atoms with Crippen LogP contribution in [0.5, 0.6) is 5.75 Å². The fraction of sp³-hybridized carbons (Fsp3) is 0.588. The van der Waals surface area contributed by atoms with Gasteiger partial charge < -0.3 is 15.8 Å². The Bertz CT molecular complexity index is 452. The van der Waals surface area contributed by atoms with Gasteiger partial charge in [-0.05, 0) is 30.4 Å². The van der Waals surface area contributed by atoms with Gasteiger partial charge in [-0.1, -0.05) is 39.8 Å². The Morgan fingerprint density at radius 1 is 1.33 bits per heavy atom. The summed E-state index contributed by atoms with van der Waals surface area (Å²) in [4.78, 5) is 12.1. The molecule has 1 aromatic rings. The van der Waals surface area contributed by atoms with Crippen LogP contribution in [0.1, 0.15) is 47.0 Å². The summed E-state index contributed by atoms with van der Waals surface area (Å²) in [5.74, 6) is 0.636. The molecule has 0 bridgehead atoms. The van der Waals surface area contributed by atoms with Crippen LogP contribution >= 0.6 is 0 Å². The molecule has 0 spiro atoms. The van der Waals surface area contributed by atoms with Crippen molar-refractivity contribution in [3.8, 4) is 5.75 Å². The molecule has 0 radical (unpaired) electrons. The maximum absolute atomic E-state index is 12.1. The summed E-state index contributed by atoms with van der Waals surface area (Å²) in [5.41, 5.74) is 6.87. The molecule has 0 saturated carbocycles. The summed E-state index contributed by atoms with van der Waals surface area (Å²) in [6.07, 6.45) is 2.06. The van der Waals surface area contributed by atoms with Crippen LogP contribution < -0.4 is 15.8 Å². The van der Waals surface area contributed by atoms with Gasteiger partial charge in [-0.3, -0.25) is 4.79 Å². The topological polar surface area (TPSA) is 64.3 Å². The monoisotopic (exact) mass is 292 g/mol. The Morgan fingerprint density at radius 3 is 2.62 bits per heavy atom. The second-order valence-electron chi connectivity index (χ2n) is 6.62. The number of hydrogen-bond donors (Lipinski definition) is 2. The summed E-state index contributed by atoms with van der Waals surface area (Å²) < 4.78 is 5.63. The van der Waals surface area contributed by atoms with Crippen molar-refractivity contribution in [1.82, 2.24) is 0 Å². The number of ether oxygens (including phenoxy) is 1. The van der Waals surface area contributed by atoms with Crippen molar-refractivity contribution in [3.63, 3.8) is 0 Å². The molecule has 118 valence electrons. The lowest BCUT2D eigenvalue weighted by Crippen LogP contribution is -2.31. The van der Waals surface area contributed by atoms with Crippen molar-refractivity contribution in [2.75, 3.05) is 11.9 Å². The highest BCUT2D eigenvalue weighted by atomic mass is 16.5. The number of benzene rings is 1. The number of carbonyl (C=O) groups excluding carboxylic acids is 1. The Hall–Kier alpha value is -1.55. The first-order chi connectivity index (χ1) is 9.81. The second-order valence-corrected chi connectivity index (χ2v) is 6.62. The molecule has 4 heteroatoms. The van der Waals surface area contributed by atoms with Gasteiger partial charge >= 0.3 is 0 Å². The van der Waals surface area contributed by atoms with E-state index in [-0.39, 0.29) is 17.4 Å². The molecular formula is C17H28N2O2. The van der Waals surface area contributed by atoms with Crippen molar-refractivity contribution in [3.05, 3.63) is 24.3 Å². The Labute approximate surface area is 128 Å². The van der Waals surface area contributed by atoms with Gasteiger partial charge in [0.1, 0.15) is 5.75 Å². The Morgan fingerprint density at radius 2 is 2.00 bits per heavy atom. The van der Waals surface area contributed by atoms with E-state index in [1.165, 1.54) is 0 Å². The molecule has 0 fully saturated rings. The number of nitrogens with two attached hydrogens (primary N) is 1. The molecule has 0 aromatic heterocycles. The number of carbonyl (C=O) groups is 1. The Kier molecular flexibility index (Phi) is 6.69. The lowest BCUT2D eigenvalue weighted by atomic mass is 9.87. The summed E-state index contributed by atoms with van der Waals surface area (Å²) in [6.45, 7) is 9.05. The van der Waals surface area contributed by atoms with Crippen LogP contribution in [0.2, 0.25) is 0 Å². The fourth-order valence-corrected chi connectivity index (χ4v) is 2.21. The van der Waals surface area contributed by atoms with Gasteiger partial charge in [-0.2, -0.15) is 0 Å². The molecule has 21 heavy (non-hydrogen) atoms. The lowest BCUT2D eigenvalue weighted by Gasteiger charge is -2.22. The molecule has 1 atom stereocenters. The number of amides is 1. The minimum Gasteiger partial charge on any atom is -0.491 e. The average Bonchev–Trinajstić information content (AvgIpc) is 2.35. The third-order valence-corrected chi connectivity index (χ3v) is 2.94. The highest BCUT2D eigenvalue weighted by Crippen LogP contribution is 2.25. The number of anilines is 1. The molecule has 4 nitrogen and oxygen atoms in total. The van der Waals surface area contributed by atoms with E-state index in [1.807, 2.05) is 31.2 Å². The minimum atomic E-state index is -0.131. The minimum absolute atomic E-state index is 0.0701. The van der Waals surface area contributed by atoms with E-state index >= 15 is 0 Å². The van der Waals surface area contributed by atoms with Gasteiger partial charge in [-0.15, -0.1) is 0 Å². The number of nitrogens with one attached hydrogen (secondary N) is 1. The lowest BCUT2D eigenvalue weighted by molar-refractivity contribution is -0.116. The highest BCUT2D eigenvalue weighted by molar-refractivity contribution is 5.92. The normalized spacial score (nSPS) is 12.8. The van der Waals surface area contributed by atoms with Crippen LogP contribution in [-0.2, 0) is 4.79 Å². The molecule has 0 aliphatic rings. The fourth-order valence-electron chi connectivity index (χ4n) is 2.21. The van der Waals surface area contributed by atoms with Crippen molar-refractivity contribution >= 4 is 11.6 Å². The van der Waals surface area contributed by atoms with Gasteiger partial charge in [0.15, 0.2) is 0 Å². The highest BCUT2D eigenvalue weighted by Gasteiger charge is 2.18. The quantitative estimate of drug-likeness (QED) is 0.807. The first-order valence-corrected chi connectivity index (χ1v) is 7.59. The van der Waals surface area contributed by atoms with Gasteiger partial charge in [0, 0.05) is 12.5 Å². The van der Waals surface area contributed by atoms with Crippen LogP contribution in [0, 0.1) is 5.41 Å². The van der Waals surface area contributed by atoms with Crippen molar-refractivity contribution < 1.29 is 9.53 Å². The molecule has 1 amide bonds. The maximum Gasteiger partial charge on any atom is 0.226 e. The number of rotatable bonds is 7. The Balaban J connectivity index is 2.58. The first kappa shape index (κ1) is 17.5. The molecule has 1 unspecified atom stereocenters. The third-order valence-electron chi connectivity index (χ3n) is 2.94. The van der Waals surface area contributed by atoms with E-state index in [0.717, 1.165) is 12.8 Å². The van der Waals surface area contributed by atoms with Crippen LogP contribution in [0.15, 0.2) is 24.3 Å². The molecule has 0 aliphatic heterocycles. The standard InChI is InChI=1S/C17H28N2O2/c1-5-10-21-15-9-7-6-8-14(15)19-16(20)11-13(18)12-17(2,3)4/h6-9,13H,5,10-12,18H2,1-4H3,(H,19,20). The molecule has 0 heterocycles. The smallest absolute Gasteiger partial charge is 0.226 e. The van der Waals surface area contributed by atoms with Crippen LogP contribution in [-0.4, -0.2) is 18.6 Å². The predicted octanol–water partition coefficient (Wildman–Crippen LogP) is 3.57. The number of hydrogen-bond acceptors (Lipinski definition) is 3. The van der Waals surface area contributed by atoms with Gasteiger partial charge in [0.05, 0.1) is 12.3 Å². The molecule has 0 saturated heterocycles.